The van der Waals surface area contributed by atoms with E-state index in [2.05, 4.69) is 22.7 Å². The molecule has 1 amide bonds. The number of rotatable bonds is 2. The van der Waals surface area contributed by atoms with Crippen LogP contribution >= 0.6 is 0 Å². The molecule has 0 fully saturated rings. The lowest BCUT2D eigenvalue weighted by atomic mass is 9.93. The van der Waals surface area contributed by atoms with E-state index in [1.807, 2.05) is 23.1 Å². The van der Waals surface area contributed by atoms with Gasteiger partial charge in [0, 0.05) is 30.4 Å². The number of esters is 1. The number of anilines is 1. The van der Waals surface area contributed by atoms with Crippen molar-refractivity contribution in [2.24, 2.45) is 0 Å². The van der Waals surface area contributed by atoms with Crippen molar-refractivity contribution in [1.29, 1.82) is 0 Å². The maximum absolute atomic E-state index is 11.9. The van der Waals surface area contributed by atoms with Crippen LogP contribution in [0.4, 0.5) is 5.69 Å². The van der Waals surface area contributed by atoms with Gasteiger partial charge in [-0.1, -0.05) is 12.1 Å². The standard InChI is InChI=1S/C19H20N2O3/c1-12-4-5-15-10-14(7-9-18(15)21(12)13(2)22)16-6-8-17(20-11-16)19(23)24-3/h6-12H,4-5H2,1-3H3/t12-/m0/s1. The second-order valence-corrected chi connectivity index (χ2v) is 6.04. The van der Waals surface area contributed by atoms with Crippen LogP contribution in [0.25, 0.3) is 11.1 Å². The molecule has 0 bridgehead atoms. The fourth-order valence-electron chi connectivity index (χ4n) is 3.20. The molecule has 1 aromatic heterocycles. The molecule has 124 valence electrons. The Morgan fingerprint density at radius 3 is 2.58 bits per heavy atom. The van der Waals surface area contributed by atoms with Crippen molar-refractivity contribution in [1.82, 2.24) is 4.98 Å². The van der Waals surface area contributed by atoms with E-state index in [1.165, 1.54) is 7.11 Å². The molecule has 0 N–H and O–H groups in total. The molecule has 0 saturated heterocycles. The number of benzene rings is 1. The van der Waals surface area contributed by atoms with Gasteiger partial charge in [0.15, 0.2) is 0 Å². The van der Waals surface area contributed by atoms with Crippen LogP contribution in [-0.4, -0.2) is 30.0 Å². The second kappa shape index (κ2) is 6.43. The normalized spacial score (nSPS) is 16.5. The van der Waals surface area contributed by atoms with Crippen molar-refractivity contribution in [3.8, 4) is 11.1 Å². The van der Waals surface area contributed by atoms with Crippen LogP contribution in [0.3, 0.4) is 0 Å². The summed E-state index contributed by atoms with van der Waals surface area (Å²) >= 11 is 0. The number of pyridine rings is 1. The number of amides is 1. The average Bonchev–Trinajstić information content (AvgIpc) is 2.60. The molecule has 1 aromatic carbocycles. The molecule has 0 aliphatic carbocycles. The van der Waals surface area contributed by atoms with E-state index >= 15 is 0 Å². The summed E-state index contributed by atoms with van der Waals surface area (Å²) in [6, 6.07) is 9.82. The topological polar surface area (TPSA) is 59.5 Å². The highest BCUT2D eigenvalue weighted by Gasteiger charge is 2.26. The summed E-state index contributed by atoms with van der Waals surface area (Å²) in [7, 11) is 1.34. The minimum atomic E-state index is -0.446. The van der Waals surface area contributed by atoms with Crippen LogP contribution in [0.2, 0.25) is 0 Å². The van der Waals surface area contributed by atoms with Crippen molar-refractivity contribution in [3.63, 3.8) is 0 Å². The Bertz CT molecular complexity index is 784. The highest BCUT2D eigenvalue weighted by Crippen LogP contribution is 2.34. The van der Waals surface area contributed by atoms with Crippen LogP contribution in [0.1, 0.15) is 36.3 Å². The van der Waals surface area contributed by atoms with Gasteiger partial charge < -0.3 is 9.64 Å². The van der Waals surface area contributed by atoms with Crippen LogP contribution in [0.15, 0.2) is 36.5 Å². The first-order chi connectivity index (χ1) is 11.5. The molecule has 3 rings (SSSR count). The molecule has 2 heterocycles. The Labute approximate surface area is 141 Å². The van der Waals surface area contributed by atoms with Crippen LogP contribution in [-0.2, 0) is 16.0 Å². The predicted octanol–water partition coefficient (Wildman–Crippen LogP) is 3.22. The van der Waals surface area contributed by atoms with Crippen molar-refractivity contribution >= 4 is 17.6 Å². The van der Waals surface area contributed by atoms with E-state index in [0.717, 1.165) is 35.2 Å². The maximum Gasteiger partial charge on any atom is 0.356 e. The van der Waals surface area contributed by atoms with E-state index in [4.69, 9.17) is 0 Å². The van der Waals surface area contributed by atoms with Crippen molar-refractivity contribution in [2.45, 2.75) is 32.7 Å². The first-order valence-electron chi connectivity index (χ1n) is 7.98. The van der Waals surface area contributed by atoms with Gasteiger partial charge in [-0.15, -0.1) is 0 Å². The summed E-state index contributed by atoms with van der Waals surface area (Å²) in [6.45, 7) is 3.68. The zero-order valence-electron chi connectivity index (χ0n) is 14.1. The summed E-state index contributed by atoms with van der Waals surface area (Å²) in [6.07, 6.45) is 3.57. The van der Waals surface area contributed by atoms with E-state index in [-0.39, 0.29) is 17.6 Å². The van der Waals surface area contributed by atoms with Gasteiger partial charge in [-0.05, 0) is 49.1 Å². The van der Waals surface area contributed by atoms with Crippen molar-refractivity contribution in [3.05, 3.63) is 47.8 Å². The molecule has 0 saturated carbocycles. The third-order valence-corrected chi connectivity index (χ3v) is 4.44. The molecule has 5 heteroatoms. The zero-order valence-corrected chi connectivity index (χ0v) is 14.1. The van der Waals surface area contributed by atoms with Crippen LogP contribution < -0.4 is 4.90 Å². The SMILES string of the molecule is COC(=O)c1ccc(-c2ccc3c(c2)CC[C@H](C)N3C(C)=O)cn1. The summed E-state index contributed by atoms with van der Waals surface area (Å²) in [5.41, 5.74) is 4.40. The first kappa shape index (κ1) is 16.2. The Morgan fingerprint density at radius 1 is 1.21 bits per heavy atom. The summed E-state index contributed by atoms with van der Waals surface area (Å²) in [5, 5.41) is 0. The number of carbonyl (C=O) groups is 2. The third-order valence-electron chi connectivity index (χ3n) is 4.44. The molecule has 24 heavy (non-hydrogen) atoms. The Kier molecular flexibility index (Phi) is 4.34. The van der Waals surface area contributed by atoms with Gasteiger partial charge in [0.1, 0.15) is 5.69 Å². The Hall–Kier alpha value is -2.69. The quantitative estimate of drug-likeness (QED) is 0.796. The Balaban J connectivity index is 1.94. The lowest BCUT2D eigenvalue weighted by Gasteiger charge is -2.34. The van der Waals surface area contributed by atoms with E-state index in [0.29, 0.717) is 0 Å². The number of ether oxygens (including phenoxy) is 1. The second-order valence-electron chi connectivity index (χ2n) is 6.04. The van der Waals surface area contributed by atoms with E-state index in [1.54, 1.807) is 19.2 Å². The van der Waals surface area contributed by atoms with Crippen molar-refractivity contribution in [2.75, 3.05) is 12.0 Å². The summed E-state index contributed by atoms with van der Waals surface area (Å²) in [4.78, 5) is 29.4. The molecular weight excluding hydrogens is 304 g/mol. The largest absolute Gasteiger partial charge is 0.464 e. The average molecular weight is 324 g/mol. The number of nitrogens with zero attached hydrogens (tertiary/aromatic N) is 2. The first-order valence-corrected chi connectivity index (χ1v) is 7.98. The summed E-state index contributed by atoms with van der Waals surface area (Å²) in [5.74, 6) is -0.377. The van der Waals surface area contributed by atoms with Gasteiger partial charge in [0.25, 0.3) is 0 Å². The number of methoxy groups -OCH3 is 1. The van der Waals surface area contributed by atoms with Gasteiger partial charge in [-0.3, -0.25) is 4.79 Å². The maximum atomic E-state index is 11.9. The van der Waals surface area contributed by atoms with Crippen LogP contribution in [0.5, 0.6) is 0 Å². The number of aryl methyl sites for hydroxylation is 1. The molecular formula is C19H20N2O3. The van der Waals surface area contributed by atoms with Gasteiger partial charge in [-0.2, -0.15) is 0 Å². The smallest absolute Gasteiger partial charge is 0.356 e. The van der Waals surface area contributed by atoms with Gasteiger partial charge in [0.05, 0.1) is 7.11 Å². The predicted molar refractivity (Wildman–Crippen MR) is 92.0 cm³/mol. The van der Waals surface area contributed by atoms with Gasteiger partial charge in [0.2, 0.25) is 5.91 Å². The number of aromatic nitrogens is 1. The minimum Gasteiger partial charge on any atom is -0.464 e. The number of fused-ring (bicyclic) bond motifs is 1. The lowest BCUT2D eigenvalue weighted by molar-refractivity contribution is -0.117. The molecule has 2 aromatic rings. The molecule has 1 aliphatic rings. The highest BCUT2D eigenvalue weighted by atomic mass is 16.5. The third kappa shape index (κ3) is 2.89. The van der Waals surface area contributed by atoms with Gasteiger partial charge >= 0.3 is 5.97 Å². The minimum absolute atomic E-state index is 0.0697. The molecule has 1 atom stereocenters. The number of hydrogen-bond donors (Lipinski definition) is 0. The monoisotopic (exact) mass is 324 g/mol. The van der Waals surface area contributed by atoms with E-state index < -0.39 is 5.97 Å². The molecule has 5 nitrogen and oxygen atoms in total. The molecule has 0 spiro atoms. The summed E-state index contributed by atoms with van der Waals surface area (Å²) < 4.78 is 4.66. The lowest BCUT2D eigenvalue weighted by Crippen LogP contribution is -2.40. The fraction of sp³-hybridized carbons (Fsp3) is 0.316. The Morgan fingerprint density at radius 2 is 1.96 bits per heavy atom. The van der Waals surface area contributed by atoms with Gasteiger partial charge in [-0.25, -0.2) is 9.78 Å². The fourth-order valence-corrected chi connectivity index (χ4v) is 3.20. The zero-order chi connectivity index (χ0) is 17.3. The number of hydrogen-bond acceptors (Lipinski definition) is 4. The molecule has 1 aliphatic heterocycles. The van der Waals surface area contributed by atoms with Crippen LogP contribution in [0, 0.1) is 0 Å². The highest BCUT2D eigenvalue weighted by molar-refractivity contribution is 5.94. The molecule has 0 unspecified atom stereocenters. The van der Waals surface area contributed by atoms with E-state index in [9.17, 15) is 9.59 Å². The van der Waals surface area contributed by atoms with Crippen molar-refractivity contribution < 1.29 is 14.3 Å². The molecule has 0 radical (unpaired) electrons. The number of carbonyl (C=O) groups excluding carboxylic acids is 2.